The summed E-state index contributed by atoms with van der Waals surface area (Å²) in [5, 5.41) is 12.3. The van der Waals surface area contributed by atoms with Gasteiger partial charge in [0.2, 0.25) is 0 Å². The van der Waals surface area contributed by atoms with Gasteiger partial charge in [-0.15, -0.1) is 6.58 Å². The van der Waals surface area contributed by atoms with Gasteiger partial charge >= 0.3 is 5.97 Å². The largest absolute Gasteiger partial charge is 0.478 e. The lowest BCUT2D eigenvalue weighted by atomic mass is 10.1. The molecule has 0 fully saturated rings. The molecule has 1 aromatic heterocycles. The molecule has 1 heterocycles. The van der Waals surface area contributed by atoms with Gasteiger partial charge in [-0.2, -0.15) is 0 Å². The zero-order chi connectivity index (χ0) is 13.0. The molecule has 1 rings (SSSR count). The summed E-state index contributed by atoms with van der Waals surface area (Å²) in [5.74, 6) is -0.521. The van der Waals surface area contributed by atoms with Crippen LogP contribution in [0.4, 0.5) is 5.82 Å². The molecular formula is C13H18N2O2. The molecule has 0 saturated carbocycles. The average molecular weight is 234 g/mol. The third-order valence-electron chi connectivity index (χ3n) is 2.46. The number of hydrogen-bond acceptors (Lipinski definition) is 3. The number of pyridine rings is 1. The van der Waals surface area contributed by atoms with Gasteiger partial charge in [-0.3, -0.25) is 0 Å². The number of hydrogen-bond donors (Lipinski definition) is 2. The first-order chi connectivity index (χ1) is 7.95. The summed E-state index contributed by atoms with van der Waals surface area (Å²) < 4.78 is 0. The maximum absolute atomic E-state index is 11.2. The Morgan fingerprint density at radius 2 is 2.29 bits per heavy atom. The standard InChI is InChI=1S/C13H18N2O2/c1-5-6-9(3)14-12-11(13(16)17)8(2)7-10(4)15-12/h5,7,9H,1,6H2,2-4H3,(H,14,15)(H,16,17). The number of aromatic carboxylic acids is 1. The molecule has 0 radical (unpaired) electrons. The molecule has 0 spiro atoms. The molecular weight excluding hydrogens is 216 g/mol. The number of nitrogens with one attached hydrogen (secondary N) is 1. The van der Waals surface area contributed by atoms with Gasteiger partial charge in [-0.1, -0.05) is 6.08 Å². The van der Waals surface area contributed by atoms with Crippen molar-refractivity contribution in [3.8, 4) is 0 Å². The molecule has 0 bridgehead atoms. The Labute approximate surface area is 101 Å². The molecule has 2 N–H and O–H groups in total. The van der Waals surface area contributed by atoms with Crippen LogP contribution in [-0.2, 0) is 0 Å². The van der Waals surface area contributed by atoms with Gasteiger partial charge in [-0.25, -0.2) is 9.78 Å². The fourth-order valence-electron chi connectivity index (χ4n) is 1.75. The summed E-state index contributed by atoms with van der Waals surface area (Å²) in [7, 11) is 0. The van der Waals surface area contributed by atoms with E-state index in [-0.39, 0.29) is 11.6 Å². The highest BCUT2D eigenvalue weighted by Gasteiger charge is 2.16. The Kier molecular flexibility index (Phi) is 4.26. The Morgan fingerprint density at radius 1 is 1.65 bits per heavy atom. The van der Waals surface area contributed by atoms with Crippen molar-refractivity contribution >= 4 is 11.8 Å². The molecule has 1 unspecified atom stereocenters. The van der Waals surface area contributed by atoms with Crippen molar-refractivity contribution in [2.24, 2.45) is 0 Å². The van der Waals surface area contributed by atoms with E-state index in [1.165, 1.54) is 0 Å². The topological polar surface area (TPSA) is 62.2 Å². The van der Waals surface area contributed by atoms with Crippen LogP contribution in [0, 0.1) is 13.8 Å². The first-order valence-electron chi connectivity index (χ1n) is 5.54. The van der Waals surface area contributed by atoms with Crippen molar-refractivity contribution < 1.29 is 9.90 Å². The van der Waals surface area contributed by atoms with Crippen LogP contribution in [0.5, 0.6) is 0 Å². The molecule has 0 aliphatic rings. The van der Waals surface area contributed by atoms with Crippen LogP contribution in [-0.4, -0.2) is 22.1 Å². The Hall–Kier alpha value is -1.84. The fraction of sp³-hybridized carbons (Fsp3) is 0.385. The minimum absolute atomic E-state index is 0.110. The number of carboxylic acid groups (broad SMARTS) is 1. The van der Waals surface area contributed by atoms with E-state index in [2.05, 4.69) is 16.9 Å². The third-order valence-corrected chi connectivity index (χ3v) is 2.46. The van der Waals surface area contributed by atoms with Crippen LogP contribution >= 0.6 is 0 Å². The predicted molar refractivity (Wildman–Crippen MR) is 68.6 cm³/mol. The number of nitrogens with zero attached hydrogens (tertiary/aromatic N) is 1. The van der Waals surface area contributed by atoms with Crippen molar-refractivity contribution in [1.29, 1.82) is 0 Å². The van der Waals surface area contributed by atoms with Gasteiger partial charge in [0.25, 0.3) is 0 Å². The molecule has 17 heavy (non-hydrogen) atoms. The van der Waals surface area contributed by atoms with E-state index in [1.54, 1.807) is 19.1 Å². The molecule has 4 heteroatoms. The monoisotopic (exact) mass is 234 g/mol. The fourth-order valence-corrected chi connectivity index (χ4v) is 1.75. The van der Waals surface area contributed by atoms with Gasteiger partial charge in [0, 0.05) is 11.7 Å². The highest BCUT2D eigenvalue weighted by molar-refractivity contribution is 5.94. The highest BCUT2D eigenvalue weighted by atomic mass is 16.4. The number of anilines is 1. The van der Waals surface area contributed by atoms with Crippen molar-refractivity contribution in [1.82, 2.24) is 4.98 Å². The van der Waals surface area contributed by atoms with Gasteiger partial charge in [-0.05, 0) is 38.8 Å². The third kappa shape index (κ3) is 3.31. The van der Waals surface area contributed by atoms with Gasteiger partial charge in [0.1, 0.15) is 11.4 Å². The van der Waals surface area contributed by atoms with Crippen molar-refractivity contribution in [3.63, 3.8) is 0 Å². The van der Waals surface area contributed by atoms with Gasteiger partial charge in [0.15, 0.2) is 0 Å². The number of aromatic nitrogens is 1. The zero-order valence-corrected chi connectivity index (χ0v) is 10.4. The summed E-state index contributed by atoms with van der Waals surface area (Å²) in [6, 6.07) is 1.88. The van der Waals surface area contributed by atoms with Crippen molar-refractivity contribution in [2.45, 2.75) is 33.2 Å². The molecule has 4 nitrogen and oxygen atoms in total. The van der Waals surface area contributed by atoms with E-state index in [1.807, 2.05) is 13.8 Å². The molecule has 1 atom stereocenters. The van der Waals surface area contributed by atoms with Gasteiger partial charge < -0.3 is 10.4 Å². The van der Waals surface area contributed by atoms with E-state index < -0.39 is 5.97 Å². The summed E-state index contributed by atoms with van der Waals surface area (Å²) in [6.07, 6.45) is 2.55. The second-order valence-corrected chi connectivity index (χ2v) is 4.18. The molecule has 1 aromatic rings. The Morgan fingerprint density at radius 3 is 2.82 bits per heavy atom. The first-order valence-corrected chi connectivity index (χ1v) is 5.54. The molecule has 0 aliphatic heterocycles. The lowest BCUT2D eigenvalue weighted by molar-refractivity contribution is 0.0697. The number of carboxylic acids is 1. The van der Waals surface area contributed by atoms with E-state index in [0.717, 1.165) is 17.7 Å². The molecule has 0 aromatic carbocycles. The van der Waals surface area contributed by atoms with E-state index in [9.17, 15) is 9.90 Å². The molecule has 0 saturated heterocycles. The summed E-state index contributed by atoms with van der Waals surface area (Å²) in [6.45, 7) is 9.25. The summed E-state index contributed by atoms with van der Waals surface area (Å²) in [5.41, 5.74) is 1.77. The zero-order valence-electron chi connectivity index (χ0n) is 10.4. The average Bonchev–Trinajstić information content (AvgIpc) is 2.15. The minimum Gasteiger partial charge on any atom is -0.478 e. The van der Waals surface area contributed by atoms with Crippen LogP contribution in [0.1, 0.15) is 35.0 Å². The quantitative estimate of drug-likeness (QED) is 0.769. The summed E-state index contributed by atoms with van der Waals surface area (Å²) in [4.78, 5) is 15.4. The molecule has 0 aliphatic carbocycles. The predicted octanol–water partition coefficient (Wildman–Crippen LogP) is 2.77. The second kappa shape index (κ2) is 5.48. The van der Waals surface area contributed by atoms with Gasteiger partial charge in [0.05, 0.1) is 0 Å². The lowest BCUT2D eigenvalue weighted by Crippen LogP contribution is -2.19. The lowest BCUT2D eigenvalue weighted by Gasteiger charge is -2.16. The smallest absolute Gasteiger partial charge is 0.339 e. The second-order valence-electron chi connectivity index (χ2n) is 4.18. The van der Waals surface area contributed by atoms with Crippen LogP contribution in [0.3, 0.4) is 0 Å². The van der Waals surface area contributed by atoms with E-state index in [4.69, 9.17) is 0 Å². The number of rotatable bonds is 5. The molecule has 92 valence electrons. The van der Waals surface area contributed by atoms with E-state index in [0.29, 0.717) is 5.82 Å². The highest BCUT2D eigenvalue weighted by Crippen LogP contribution is 2.20. The summed E-state index contributed by atoms with van der Waals surface area (Å²) >= 11 is 0. The maximum atomic E-state index is 11.2. The minimum atomic E-state index is -0.955. The van der Waals surface area contributed by atoms with Crippen LogP contribution < -0.4 is 5.32 Å². The van der Waals surface area contributed by atoms with Crippen LogP contribution in [0.25, 0.3) is 0 Å². The Balaban J connectivity index is 3.12. The number of carbonyl (C=O) groups is 1. The van der Waals surface area contributed by atoms with E-state index >= 15 is 0 Å². The van der Waals surface area contributed by atoms with Crippen molar-refractivity contribution in [3.05, 3.63) is 35.5 Å². The SMILES string of the molecule is C=CCC(C)Nc1nc(C)cc(C)c1C(=O)O. The van der Waals surface area contributed by atoms with Crippen molar-refractivity contribution in [2.75, 3.05) is 5.32 Å². The van der Waals surface area contributed by atoms with Crippen LogP contribution in [0.2, 0.25) is 0 Å². The normalized spacial score (nSPS) is 11.9. The molecule has 0 amide bonds. The maximum Gasteiger partial charge on any atom is 0.339 e. The van der Waals surface area contributed by atoms with Crippen LogP contribution in [0.15, 0.2) is 18.7 Å². The first kappa shape index (κ1) is 13.2. The Bertz CT molecular complexity index is 441. The number of aryl methyl sites for hydroxylation is 2.